The summed E-state index contributed by atoms with van der Waals surface area (Å²) in [4.78, 5) is 15.4. The van der Waals surface area contributed by atoms with E-state index in [4.69, 9.17) is 4.42 Å². The molecule has 0 saturated carbocycles. The first-order valence-corrected chi connectivity index (χ1v) is 5.12. The Labute approximate surface area is 94.1 Å². The number of ketones is 1. The topological polar surface area (TPSA) is 43.1 Å². The van der Waals surface area contributed by atoms with E-state index in [1.165, 1.54) is 0 Å². The summed E-state index contributed by atoms with van der Waals surface area (Å²) in [6.07, 6.45) is 1.68. The van der Waals surface area contributed by atoms with Crippen molar-refractivity contribution in [1.82, 2.24) is 4.98 Å². The van der Waals surface area contributed by atoms with Crippen molar-refractivity contribution in [3.63, 3.8) is 0 Å². The minimum atomic E-state index is 0.0765. The molecule has 0 unspecified atom stereocenters. The molecular weight excluding hydrogens is 202 g/mol. The maximum Gasteiger partial charge on any atom is 0.226 e. The molecule has 1 aromatic carbocycles. The van der Waals surface area contributed by atoms with E-state index in [2.05, 4.69) is 4.98 Å². The molecule has 2 rings (SSSR count). The second-order valence-electron chi connectivity index (χ2n) is 3.86. The summed E-state index contributed by atoms with van der Waals surface area (Å²) >= 11 is 0. The van der Waals surface area contributed by atoms with E-state index in [0.29, 0.717) is 5.89 Å². The Morgan fingerprint density at radius 2 is 2.06 bits per heavy atom. The highest BCUT2D eigenvalue weighted by Crippen LogP contribution is 2.22. The van der Waals surface area contributed by atoms with Crippen molar-refractivity contribution in [2.45, 2.75) is 20.8 Å². The number of rotatable bonds is 2. The van der Waals surface area contributed by atoms with Gasteiger partial charge >= 0.3 is 0 Å². The molecule has 0 saturated heterocycles. The van der Waals surface area contributed by atoms with Crippen LogP contribution in [-0.2, 0) is 0 Å². The van der Waals surface area contributed by atoms with E-state index in [1.807, 2.05) is 32.0 Å². The summed E-state index contributed by atoms with van der Waals surface area (Å²) in [6, 6.07) is 5.59. The second kappa shape index (κ2) is 3.93. The van der Waals surface area contributed by atoms with Gasteiger partial charge in [0.1, 0.15) is 5.76 Å². The average molecular weight is 215 g/mol. The summed E-state index contributed by atoms with van der Waals surface area (Å²) < 4.78 is 5.43. The van der Waals surface area contributed by atoms with Crippen molar-refractivity contribution >= 4 is 5.78 Å². The van der Waals surface area contributed by atoms with E-state index in [1.54, 1.807) is 13.1 Å². The Hall–Kier alpha value is -1.90. The molecule has 0 amide bonds. The van der Waals surface area contributed by atoms with Crippen LogP contribution in [0.25, 0.3) is 11.5 Å². The summed E-state index contributed by atoms with van der Waals surface area (Å²) in [7, 11) is 0. The first kappa shape index (κ1) is 10.6. The molecule has 1 heterocycles. The van der Waals surface area contributed by atoms with Crippen molar-refractivity contribution in [3.8, 4) is 11.5 Å². The van der Waals surface area contributed by atoms with Crippen LogP contribution in [0.2, 0.25) is 0 Å². The number of oxazole rings is 1. The first-order valence-electron chi connectivity index (χ1n) is 5.12. The summed E-state index contributed by atoms with van der Waals surface area (Å²) in [6.45, 7) is 5.33. The Morgan fingerprint density at radius 1 is 1.31 bits per heavy atom. The lowest BCUT2D eigenvalue weighted by atomic mass is 10.0. The van der Waals surface area contributed by atoms with Gasteiger partial charge in [0.2, 0.25) is 5.89 Å². The molecule has 82 valence electrons. The van der Waals surface area contributed by atoms with Gasteiger partial charge in [0.15, 0.2) is 5.78 Å². The second-order valence-corrected chi connectivity index (χ2v) is 3.86. The maximum atomic E-state index is 11.3. The number of Topliss-reactive ketones (excluding diaryl/α,β-unsaturated/α-hetero) is 1. The van der Waals surface area contributed by atoms with Crippen LogP contribution in [0.5, 0.6) is 0 Å². The van der Waals surface area contributed by atoms with E-state index in [0.717, 1.165) is 22.5 Å². The molecule has 0 atom stereocenters. The first-order chi connectivity index (χ1) is 7.58. The van der Waals surface area contributed by atoms with Gasteiger partial charge < -0.3 is 4.42 Å². The van der Waals surface area contributed by atoms with Gasteiger partial charge in [-0.2, -0.15) is 0 Å². The smallest absolute Gasteiger partial charge is 0.226 e. The van der Waals surface area contributed by atoms with Crippen molar-refractivity contribution in [3.05, 3.63) is 41.3 Å². The molecule has 0 aliphatic heterocycles. The number of carbonyl (C=O) groups is 1. The Kier molecular flexibility index (Phi) is 2.60. The Morgan fingerprint density at radius 3 is 2.56 bits per heavy atom. The van der Waals surface area contributed by atoms with Crippen LogP contribution in [0, 0.1) is 13.8 Å². The fraction of sp³-hybridized carbons (Fsp3) is 0.231. The van der Waals surface area contributed by atoms with Crippen LogP contribution < -0.4 is 0 Å². The lowest BCUT2D eigenvalue weighted by molar-refractivity contribution is 0.101. The number of nitrogens with zero attached hydrogens (tertiary/aromatic N) is 1. The number of carbonyl (C=O) groups excluding carboxylic acids is 1. The van der Waals surface area contributed by atoms with E-state index >= 15 is 0 Å². The van der Waals surface area contributed by atoms with Gasteiger partial charge in [-0.1, -0.05) is 6.07 Å². The third-order valence-corrected chi connectivity index (χ3v) is 2.47. The largest absolute Gasteiger partial charge is 0.441 e. The van der Waals surface area contributed by atoms with Gasteiger partial charge in [-0.25, -0.2) is 4.98 Å². The third kappa shape index (κ3) is 1.89. The highest BCUT2D eigenvalue weighted by molar-refractivity contribution is 5.95. The van der Waals surface area contributed by atoms with Crippen LogP contribution in [-0.4, -0.2) is 10.8 Å². The van der Waals surface area contributed by atoms with Crippen LogP contribution in [0.15, 0.2) is 28.8 Å². The standard InChI is InChI=1S/C13H13NO2/c1-8-6-11(4-5-12(8)10(3)15)13-14-7-9(2)16-13/h4-7H,1-3H3. The molecule has 0 spiro atoms. The normalized spacial score (nSPS) is 10.4. The molecule has 0 aliphatic carbocycles. The molecule has 0 N–H and O–H groups in total. The predicted molar refractivity (Wildman–Crippen MR) is 61.4 cm³/mol. The molecule has 0 radical (unpaired) electrons. The highest BCUT2D eigenvalue weighted by Gasteiger charge is 2.08. The minimum Gasteiger partial charge on any atom is -0.441 e. The van der Waals surface area contributed by atoms with Crippen LogP contribution in [0.4, 0.5) is 0 Å². The maximum absolute atomic E-state index is 11.3. The molecule has 0 bridgehead atoms. The third-order valence-electron chi connectivity index (χ3n) is 2.47. The zero-order valence-electron chi connectivity index (χ0n) is 9.57. The van der Waals surface area contributed by atoms with Crippen molar-refractivity contribution in [1.29, 1.82) is 0 Å². The Balaban J connectivity index is 2.45. The highest BCUT2D eigenvalue weighted by atomic mass is 16.4. The van der Waals surface area contributed by atoms with Gasteiger partial charge in [-0.15, -0.1) is 0 Å². The van der Waals surface area contributed by atoms with Crippen molar-refractivity contribution < 1.29 is 9.21 Å². The molecule has 16 heavy (non-hydrogen) atoms. The molecule has 2 aromatic rings. The number of aromatic nitrogens is 1. The fourth-order valence-electron chi connectivity index (χ4n) is 1.68. The monoisotopic (exact) mass is 215 g/mol. The molecule has 0 aliphatic rings. The van der Waals surface area contributed by atoms with Crippen LogP contribution in [0.1, 0.15) is 28.6 Å². The molecule has 0 fully saturated rings. The molecule has 3 nitrogen and oxygen atoms in total. The SMILES string of the molecule is CC(=O)c1ccc(-c2ncc(C)o2)cc1C. The van der Waals surface area contributed by atoms with Crippen molar-refractivity contribution in [2.24, 2.45) is 0 Å². The quantitative estimate of drug-likeness (QED) is 0.723. The molecule has 1 aromatic heterocycles. The average Bonchev–Trinajstić information content (AvgIpc) is 2.64. The lowest BCUT2D eigenvalue weighted by Crippen LogP contribution is -1.95. The Bertz CT molecular complexity index is 541. The van der Waals surface area contributed by atoms with Crippen molar-refractivity contribution in [2.75, 3.05) is 0 Å². The lowest BCUT2D eigenvalue weighted by Gasteiger charge is -2.03. The zero-order valence-corrected chi connectivity index (χ0v) is 9.57. The number of hydrogen-bond donors (Lipinski definition) is 0. The van der Waals surface area contributed by atoms with E-state index in [-0.39, 0.29) is 5.78 Å². The van der Waals surface area contributed by atoms with Gasteiger partial charge in [0.25, 0.3) is 0 Å². The number of aryl methyl sites for hydroxylation is 2. The molecular formula is C13H13NO2. The predicted octanol–water partition coefficient (Wildman–Crippen LogP) is 3.16. The zero-order chi connectivity index (χ0) is 11.7. The van der Waals surface area contributed by atoms with Gasteiger partial charge in [0, 0.05) is 11.1 Å². The van der Waals surface area contributed by atoms with E-state index in [9.17, 15) is 4.79 Å². The van der Waals surface area contributed by atoms with Crippen LogP contribution >= 0.6 is 0 Å². The minimum absolute atomic E-state index is 0.0765. The van der Waals surface area contributed by atoms with Gasteiger partial charge in [-0.3, -0.25) is 4.79 Å². The van der Waals surface area contributed by atoms with Gasteiger partial charge in [0.05, 0.1) is 6.20 Å². The number of hydrogen-bond acceptors (Lipinski definition) is 3. The van der Waals surface area contributed by atoms with E-state index < -0.39 is 0 Å². The summed E-state index contributed by atoms with van der Waals surface area (Å²) in [5.74, 6) is 1.45. The fourth-order valence-corrected chi connectivity index (χ4v) is 1.68. The summed E-state index contributed by atoms with van der Waals surface area (Å²) in [5, 5.41) is 0. The van der Waals surface area contributed by atoms with Crippen LogP contribution in [0.3, 0.4) is 0 Å². The summed E-state index contributed by atoms with van der Waals surface area (Å²) in [5.41, 5.74) is 2.59. The molecule has 3 heteroatoms. The number of benzene rings is 1. The van der Waals surface area contributed by atoms with Gasteiger partial charge in [-0.05, 0) is 38.5 Å².